The van der Waals surface area contributed by atoms with Crippen LogP contribution in [-0.2, 0) is 40.0 Å². The van der Waals surface area contributed by atoms with Gasteiger partial charge in [0.2, 0.25) is 11.8 Å². The van der Waals surface area contributed by atoms with Gasteiger partial charge in [0.1, 0.15) is 37.9 Å². The van der Waals surface area contributed by atoms with Gasteiger partial charge < -0.3 is 30.2 Å². The van der Waals surface area contributed by atoms with E-state index >= 15 is 0 Å². The van der Waals surface area contributed by atoms with Gasteiger partial charge >= 0.3 is 18.0 Å². The molecule has 3 aromatic carbocycles. The maximum absolute atomic E-state index is 13.0. The van der Waals surface area contributed by atoms with Crippen LogP contribution in [-0.4, -0.2) is 61.2 Å². The van der Waals surface area contributed by atoms with Crippen LogP contribution in [0, 0.1) is 0 Å². The molecule has 1 unspecified atom stereocenters. The summed E-state index contributed by atoms with van der Waals surface area (Å²) >= 11 is 0. The molecule has 45 heavy (non-hydrogen) atoms. The van der Waals surface area contributed by atoms with Crippen molar-refractivity contribution in [3.8, 4) is 11.1 Å². The lowest BCUT2D eigenvalue weighted by Gasteiger charge is -2.21. The zero-order valence-corrected chi connectivity index (χ0v) is 25.5. The van der Waals surface area contributed by atoms with Gasteiger partial charge in [0, 0.05) is 5.92 Å². The third kappa shape index (κ3) is 9.65. The Balaban J connectivity index is 1.35. The number of ether oxygens (including phenoxy) is 3. The number of rotatable bonds is 12. The van der Waals surface area contributed by atoms with E-state index in [0.717, 1.165) is 27.8 Å². The fourth-order valence-corrected chi connectivity index (χ4v) is 4.87. The first-order valence-corrected chi connectivity index (χ1v) is 14.6. The normalized spacial score (nSPS) is 12.6. The Bertz CT molecular complexity index is 1490. The topological polar surface area (TPSA) is 149 Å². The quantitative estimate of drug-likeness (QED) is 0.207. The van der Waals surface area contributed by atoms with Crippen LogP contribution < -0.4 is 16.0 Å². The van der Waals surface area contributed by atoms with Gasteiger partial charge in [-0.15, -0.1) is 0 Å². The molecule has 3 N–H and O–H groups in total. The second kappa shape index (κ2) is 15.0. The molecule has 0 aliphatic heterocycles. The van der Waals surface area contributed by atoms with Gasteiger partial charge in [0.05, 0.1) is 6.42 Å². The maximum Gasteiger partial charge on any atom is 0.407 e. The van der Waals surface area contributed by atoms with Gasteiger partial charge in [0.15, 0.2) is 0 Å². The number of alkyl carbamates (subject to hydrolysis) is 1. The van der Waals surface area contributed by atoms with E-state index in [1.165, 1.54) is 0 Å². The van der Waals surface area contributed by atoms with Crippen LogP contribution in [0.3, 0.4) is 0 Å². The molecular weight excluding hydrogens is 578 g/mol. The molecule has 11 heteroatoms. The molecule has 1 aliphatic carbocycles. The molecule has 0 radical (unpaired) electrons. The van der Waals surface area contributed by atoms with Crippen molar-refractivity contribution >= 4 is 29.8 Å². The number of fused-ring (bicyclic) bond motifs is 3. The Labute approximate surface area is 261 Å². The summed E-state index contributed by atoms with van der Waals surface area (Å²) in [4.78, 5) is 62.9. The van der Waals surface area contributed by atoms with Gasteiger partial charge in [-0.2, -0.15) is 0 Å². The highest BCUT2D eigenvalue weighted by Crippen LogP contribution is 2.44. The van der Waals surface area contributed by atoms with Crippen LogP contribution in [0.4, 0.5) is 4.79 Å². The molecule has 0 bridgehead atoms. The summed E-state index contributed by atoms with van der Waals surface area (Å²) in [5.41, 5.74) is 4.15. The molecule has 0 heterocycles. The third-order valence-electron chi connectivity index (χ3n) is 6.84. The Morgan fingerprint density at radius 3 is 1.93 bits per heavy atom. The molecule has 3 amide bonds. The first kappa shape index (κ1) is 32.7. The monoisotopic (exact) mass is 615 g/mol. The molecule has 0 spiro atoms. The first-order valence-electron chi connectivity index (χ1n) is 14.6. The minimum atomic E-state index is -1.41. The smallest absolute Gasteiger partial charge is 0.407 e. The third-order valence-corrected chi connectivity index (χ3v) is 6.84. The minimum Gasteiger partial charge on any atom is -0.460 e. The van der Waals surface area contributed by atoms with E-state index in [-0.39, 0.29) is 19.1 Å². The van der Waals surface area contributed by atoms with E-state index in [4.69, 9.17) is 14.2 Å². The molecule has 0 aromatic heterocycles. The zero-order valence-electron chi connectivity index (χ0n) is 25.5. The van der Waals surface area contributed by atoms with Gasteiger partial charge in [-0.25, -0.2) is 4.79 Å². The van der Waals surface area contributed by atoms with Crippen LogP contribution in [0.15, 0.2) is 78.9 Å². The van der Waals surface area contributed by atoms with Crippen LogP contribution in [0.25, 0.3) is 11.1 Å². The van der Waals surface area contributed by atoms with E-state index in [1.54, 1.807) is 32.9 Å². The van der Waals surface area contributed by atoms with E-state index in [0.29, 0.717) is 0 Å². The highest BCUT2D eigenvalue weighted by atomic mass is 16.6. The van der Waals surface area contributed by atoms with E-state index in [9.17, 15) is 24.0 Å². The molecule has 11 nitrogen and oxygen atoms in total. The van der Waals surface area contributed by atoms with E-state index in [2.05, 4.69) is 16.0 Å². The maximum atomic E-state index is 13.0. The molecular formula is C34H37N3O8. The number of nitrogens with one attached hydrogen (secondary N) is 3. The number of benzene rings is 3. The summed E-state index contributed by atoms with van der Waals surface area (Å²) in [6, 6.07) is 23.3. The first-order chi connectivity index (χ1) is 21.5. The van der Waals surface area contributed by atoms with Crippen molar-refractivity contribution in [1.82, 2.24) is 16.0 Å². The lowest BCUT2D eigenvalue weighted by Crippen LogP contribution is -2.50. The van der Waals surface area contributed by atoms with Gasteiger partial charge in [-0.1, -0.05) is 78.9 Å². The predicted molar refractivity (Wildman–Crippen MR) is 165 cm³/mol. The molecule has 0 saturated heterocycles. The lowest BCUT2D eigenvalue weighted by molar-refractivity contribution is -0.154. The van der Waals surface area contributed by atoms with Crippen LogP contribution in [0.1, 0.15) is 49.8 Å². The number of esters is 2. The molecule has 4 rings (SSSR count). The molecule has 236 valence electrons. The number of hydrogen-bond donors (Lipinski definition) is 3. The Hall–Kier alpha value is -5.19. The number of hydrogen-bond acceptors (Lipinski definition) is 8. The van der Waals surface area contributed by atoms with Crippen molar-refractivity contribution in [3.63, 3.8) is 0 Å². The summed E-state index contributed by atoms with van der Waals surface area (Å²) in [6.45, 7) is 4.16. The van der Waals surface area contributed by atoms with Crippen LogP contribution >= 0.6 is 0 Å². The van der Waals surface area contributed by atoms with Crippen molar-refractivity contribution in [3.05, 3.63) is 95.6 Å². The van der Waals surface area contributed by atoms with Crippen molar-refractivity contribution < 1.29 is 38.2 Å². The molecule has 1 aliphatic rings. The van der Waals surface area contributed by atoms with Crippen molar-refractivity contribution in [1.29, 1.82) is 0 Å². The Kier molecular flexibility index (Phi) is 10.9. The standard InChI is InChI=1S/C34H37N3O8/c1-34(2,3)45-31(40)19-36-32(41)28(17-29(38)35-18-30(39)43-20-22-11-5-4-6-12-22)37-33(42)44-21-27-25-15-9-7-13-23(25)24-14-8-10-16-26(24)27/h4-16,27-28H,17-21H2,1-3H3,(H,35,38)(H,36,41)(H,37,42). The number of amides is 3. The second-order valence-electron chi connectivity index (χ2n) is 11.5. The molecule has 0 fully saturated rings. The predicted octanol–water partition coefficient (Wildman–Crippen LogP) is 3.60. The summed E-state index contributed by atoms with van der Waals surface area (Å²) in [7, 11) is 0. The molecule has 0 saturated carbocycles. The average Bonchev–Trinajstić information content (AvgIpc) is 3.33. The second-order valence-corrected chi connectivity index (χ2v) is 11.5. The van der Waals surface area contributed by atoms with Crippen molar-refractivity contribution in [2.75, 3.05) is 19.7 Å². The zero-order chi connectivity index (χ0) is 32.4. The number of carbonyl (C=O) groups excluding carboxylic acids is 5. The van der Waals surface area contributed by atoms with E-state index in [1.807, 2.05) is 66.7 Å². The summed E-state index contributed by atoms with van der Waals surface area (Å²) < 4.78 is 15.9. The fraction of sp³-hybridized carbons (Fsp3) is 0.324. The summed E-state index contributed by atoms with van der Waals surface area (Å²) in [5, 5.41) is 7.21. The molecule has 1 atom stereocenters. The highest BCUT2D eigenvalue weighted by molar-refractivity contribution is 5.93. The van der Waals surface area contributed by atoms with Gasteiger partial charge in [-0.3, -0.25) is 19.2 Å². The number of carbonyl (C=O) groups is 5. The average molecular weight is 616 g/mol. The summed E-state index contributed by atoms with van der Waals surface area (Å²) in [5.74, 6) is -3.10. The SMILES string of the molecule is CC(C)(C)OC(=O)CNC(=O)C(CC(=O)NCC(=O)OCc1ccccc1)NC(=O)OCC1c2ccccc2-c2ccccc21. The van der Waals surface area contributed by atoms with Gasteiger partial charge in [0.25, 0.3) is 0 Å². The van der Waals surface area contributed by atoms with Crippen molar-refractivity contribution in [2.45, 2.75) is 51.4 Å². The van der Waals surface area contributed by atoms with Crippen LogP contribution in [0.5, 0.6) is 0 Å². The molecule has 3 aromatic rings. The fourth-order valence-electron chi connectivity index (χ4n) is 4.87. The van der Waals surface area contributed by atoms with Gasteiger partial charge in [-0.05, 0) is 48.6 Å². The Morgan fingerprint density at radius 1 is 0.733 bits per heavy atom. The summed E-state index contributed by atoms with van der Waals surface area (Å²) in [6.07, 6.45) is -1.46. The minimum absolute atomic E-state index is 0.00837. The lowest BCUT2D eigenvalue weighted by atomic mass is 9.98. The van der Waals surface area contributed by atoms with E-state index < -0.39 is 61.0 Å². The highest BCUT2D eigenvalue weighted by Gasteiger charge is 2.30. The largest absolute Gasteiger partial charge is 0.460 e. The Morgan fingerprint density at radius 2 is 1.31 bits per heavy atom. The van der Waals surface area contributed by atoms with Crippen molar-refractivity contribution in [2.24, 2.45) is 0 Å². The van der Waals surface area contributed by atoms with Crippen LogP contribution in [0.2, 0.25) is 0 Å².